The molecule has 12 heteroatoms. The number of hydrogen-bond donors (Lipinski definition) is 3. The van der Waals surface area contributed by atoms with Crippen molar-refractivity contribution in [2.24, 2.45) is 5.84 Å². The lowest BCUT2D eigenvalue weighted by Crippen LogP contribution is -2.07. The number of nitrogens with zero attached hydrogens (tertiary/aromatic N) is 2. The lowest BCUT2D eigenvalue weighted by atomic mass is 10.3. The molecule has 2 aromatic rings. The summed E-state index contributed by atoms with van der Waals surface area (Å²) in [6.07, 6.45) is 0. The summed E-state index contributed by atoms with van der Waals surface area (Å²) < 4.78 is 25.2. The van der Waals surface area contributed by atoms with Crippen LogP contribution < -0.4 is 17.0 Å². The maximum absolute atomic E-state index is 12.6. The van der Waals surface area contributed by atoms with E-state index in [2.05, 4.69) is 5.43 Å². The third kappa shape index (κ3) is 5.62. The average Bonchev–Trinajstić information content (AvgIpc) is 2.50. The van der Waals surface area contributed by atoms with E-state index >= 15 is 0 Å². The third-order valence-electron chi connectivity index (χ3n) is 2.48. The average molecular weight is 364 g/mol. The molecule has 24 heavy (non-hydrogen) atoms. The molecule has 0 aromatic heterocycles. The zero-order chi connectivity index (χ0) is 17.6. The Morgan fingerprint density at radius 3 is 1.79 bits per heavy atom. The first kappa shape index (κ1) is 20.9. The SMILES string of the molecule is Cl.NNc1ccc(F)c([N+](=O)[O-])c1.Nc1ccc(F)c([N+](=O)[O-])c1. The van der Waals surface area contributed by atoms with Crippen LogP contribution in [0.25, 0.3) is 0 Å². The summed E-state index contributed by atoms with van der Waals surface area (Å²) in [4.78, 5) is 18.6. The van der Waals surface area contributed by atoms with E-state index in [0.29, 0.717) is 5.69 Å². The maximum atomic E-state index is 12.6. The fourth-order valence-corrected chi connectivity index (χ4v) is 1.41. The Hall–Kier alpha value is -3.05. The first-order valence-electron chi connectivity index (χ1n) is 5.86. The lowest BCUT2D eigenvalue weighted by molar-refractivity contribution is -0.387. The van der Waals surface area contributed by atoms with Crippen LogP contribution in [0.15, 0.2) is 36.4 Å². The van der Waals surface area contributed by atoms with E-state index < -0.39 is 32.9 Å². The molecule has 0 unspecified atom stereocenters. The largest absolute Gasteiger partial charge is 0.399 e. The number of nitro benzene ring substituents is 2. The molecule has 2 aromatic carbocycles. The van der Waals surface area contributed by atoms with E-state index in [-0.39, 0.29) is 18.1 Å². The van der Waals surface area contributed by atoms with Crippen molar-refractivity contribution in [3.8, 4) is 0 Å². The number of halogens is 3. The topological polar surface area (TPSA) is 150 Å². The van der Waals surface area contributed by atoms with Crippen molar-refractivity contribution >= 4 is 35.2 Å². The fraction of sp³-hybridized carbons (Fsp3) is 0. The number of hydrazine groups is 1. The molecule has 0 radical (unpaired) electrons. The van der Waals surface area contributed by atoms with Gasteiger partial charge in [-0.15, -0.1) is 12.4 Å². The molecule has 5 N–H and O–H groups in total. The molecule has 0 saturated heterocycles. The van der Waals surface area contributed by atoms with Gasteiger partial charge in [0.2, 0.25) is 11.6 Å². The van der Waals surface area contributed by atoms with Gasteiger partial charge >= 0.3 is 11.4 Å². The van der Waals surface area contributed by atoms with Crippen LogP contribution in [0.5, 0.6) is 0 Å². The van der Waals surface area contributed by atoms with Crippen molar-refractivity contribution in [1.82, 2.24) is 0 Å². The second-order valence-corrected chi connectivity index (χ2v) is 4.04. The number of benzene rings is 2. The molecule has 0 fully saturated rings. The van der Waals surface area contributed by atoms with Gasteiger partial charge in [-0.3, -0.25) is 26.1 Å². The summed E-state index contributed by atoms with van der Waals surface area (Å²) in [6.45, 7) is 0. The van der Waals surface area contributed by atoms with Crippen LogP contribution in [0.4, 0.5) is 31.5 Å². The maximum Gasteiger partial charge on any atom is 0.306 e. The molecule has 0 spiro atoms. The molecule has 0 aliphatic heterocycles. The normalized spacial score (nSPS) is 9.12. The first-order chi connectivity index (χ1) is 10.8. The first-order valence-corrected chi connectivity index (χ1v) is 5.86. The number of nitrogens with one attached hydrogen (secondary N) is 1. The Morgan fingerprint density at radius 2 is 1.38 bits per heavy atom. The van der Waals surface area contributed by atoms with Gasteiger partial charge < -0.3 is 11.2 Å². The summed E-state index contributed by atoms with van der Waals surface area (Å²) in [7, 11) is 0. The third-order valence-corrected chi connectivity index (χ3v) is 2.48. The van der Waals surface area contributed by atoms with Crippen molar-refractivity contribution in [1.29, 1.82) is 0 Å². The van der Waals surface area contributed by atoms with Gasteiger partial charge in [0.05, 0.1) is 15.5 Å². The summed E-state index contributed by atoms with van der Waals surface area (Å²) in [5, 5.41) is 20.3. The van der Waals surface area contributed by atoms with E-state index in [9.17, 15) is 29.0 Å². The van der Waals surface area contributed by atoms with Crippen LogP contribution in [0.2, 0.25) is 0 Å². The minimum Gasteiger partial charge on any atom is -0.399 e. The number of rotatable bonds is 3. The van der Waals surface area contributed by atoms with Gasteiger partial charge in [0.15, 0.2) is 0 Å². The molecule has 130 valence electrons. The highest BCUT2D eigenvalue weighted by Crippen LogP contribution is 2.20. The van der Waals surface area contributed by atoms with E-state index in [1.54, 1.807) is 0 Å². The molecule has 0 aliphatic carbocycles. The molecule has 0 amide bonds. The predicted octanol–water partition coefficient (Wildman–Crippen LogP) is 2.76. The smallest absolute Gasteiger partial charge is 0.306 e. The van der Waals surface area contributed by atoms with Crippen molar-refractivity contribution < 1.29 is 18.6 Å². The summed E-state index contributed by atoms with van der Waals surface area (Å²) >= 11 is 0. The monoisotopic (exact) mass is 363 g/mol. The van der Waals surface area contributed by atoms with E-state index in [0.717, 1.165) is 24.3 Å². The summed E-state index contributed by atoms with van der Waals surface area (Å²) in [6, 6.07) is 6.52. The van der Waals surface area contributed by atoms with Crippen LogP contribution in [0.3, 0.4) is 0 Å². The highest BCUT2D eigenvalue weighted by atomic mass is 35.5. The zero-order valence-corrected chi connectivity index (χ0v) is 12.6. The Bertz CT molecular complexity index is 747. The highest BCUT2D eigenvalue weighted by Gasteiger charge is 2.13. The van der Waals surface area contributed by atoms with Crippen molar-refractivity contribution in [2.75, 3.05) is 11.2 Å². The number of hydrogen-bond acceptors (Lipinski definition) is 7. The van der Waals surface area contributed by atoms with Crippen LogP contribution in [-0.4, -0.2) is 9.85 Å². The van der Waals surface area contributed by atoms with Crippen LogP contribution in [-0.2, 0) is 0 Å². The van der Waals surface area contributed by atoms with Gasteiger partial charge in [-0.2, -0.15) is 8.78 Å². The molecule has 0 aliphatic rings. The van der Waals surface area contributed by atoms with Crippen LogP contribution in [0.1, 0.15) is 0 Å². The van der Waals surface area contributed by atoms with Gasteiger partial charge in [0, 0.05) is 17.8 Å². The van der Waals surface area contributed by atoms with Crippen molar-refractivity contribution in [3.63, 3.8) is 0 Å². The van der Waals surface area contributed by atoms with Gasteiger partial charge in [0.25, 0.3) is 0 Å². The molecule has 0 atom stereocenters. The van der Waals surface area contributed by atoms with Gasteiger partial charge in [-0.05, 0) is 24.3 Å². The number of nitrogen functional groups attached to an aromatic ring is 2. The molecule has 0 heterocycles. The molecule has 9 nitrogen and oxygen atoms in total. The highest BCUT2D eigenvalue weighted by molar-refractivity contribution is 5.85. The number of nitro groups is 2. The molecule has 0 saturated carbocycles. The van der Waals surface area contributed by atoms with Crippen molar-refractivity contribution in [3.05, 3.63) is 68.3 Å². The second-order valence-electron chi connectivity index (χ2n) is 4.04. The fourth-order valence-electron chi connectivity index (χ4n) is 1.41. The quantitative estimate of drug-likeness (QED) is 0.328. The minimum absolute atomic E-state index is 0. The van der Waals surface area contributed by atoms with Crippen LogP contribution >= 0.6 is 12.4 Å². The zero-order valence-electron chi connectivity index (χ0n) is 11.8. The van der Waals surface area contributed by atoms with Gasteiger partial charge in [-0.1, -0.05) is 0 Å². The minimum atomic E-state index is -0.876. The predicted molar refractivity (Wildman–Crippen MR) is 85.6 cm³/mol. The molecular weight excluding hydrogens is 352 g/mol. The summed E-state index contributed by atoms with van der Waals surface area (Å²) in [5.41, 5.74) is 6.66. The van der Waals surface area contributed by atoms with Gasteiger partial charge in [-0.25, -0.2) is 0 Å². The van der Waals surface area contributed by atoms with E-state index in [4.69, 9.17) is 11.6 Å². The standard InChI is InChI=1S/C6H6FN3O2.C6H5FN2O2.ClH/c7-5-2-1-4(9-8)3-6(5)10(11)12;7-5-2-1-4(8)3-6(5)9(10)11;/h1-3,9H,8H2;1-3H,8H2;1H. The Morgan fingerprint density at radius 1 is 0.917 bits per heavy atom. The van der Waals surface area contributed by atoms with Crippen molar-refractivity contribution in [2.45, 2.75) is 0 Å². The number of nitrogens with two attached hydrogens (primary N) is 2. The number of anilines is 2. The molecular formula is C12H12ClF2N5O4. The van der Waals surface area contributed by atoms with Crippen LogP contribution in [0, 0.1) is 31.9 Å². The van der Waals surface area contributed by atoms with E-state index in [1.165, 1.54) is 12.1 Å². The summed E-state index contributed by atoms with van der Waals surface area (Å²) in [5.74, 6) is 3.23. The Kier molecular flexibility index (Phi) is 8.01. The lowest BCUT2D eigenvalue weighted by Gasteiger charge is -1.98. The second kappa shape index (κ2) is 9.17. The Labute approximate surface area is 139 Å². The van der Waals surface area contributed by atoms with Gasteiger partial charge in [0.1, 0.15) is 0 Å². The molecule has 0 bridgehead atoms. The van der Waals surface area contributed by atoms with E-state index in [1.807, 2.05) is 0 Å². The molecule has 2 rings (SSSR count). The Balaban J connectivity index is 0.000000425.